The van der Waals surface area contributed by atoms with E-state index in [2.05, 4.69) is 0 Å². The average molecular weight is 379 g/mol. The molecule has 1 unspecified atom stereocenters. The van der Waals surface area contributed by atoms with Crippen molar-refractivity contribution in [1.82, 2.24) is 9.80 Å². The van der Waals surface area contributed by atoms with Gasteiger partial charge in [0.15, 0.2) is 6.10 Å². The maximum absolute atomic E-state index is 12.6. The number of carbonyl (C=O) groups excluding carboxylic acids is 2. The largest absolute Gasteiger partial charge is 0.481 e. The molecule has 2 saturated heterocycles. The number of rotatable bonds is 4. The van der Waals surface area contributed by atoms with E-state index in [0.29, 0.717) is 23.9 Å². The molecule has 1 aromatic carbocycles. The first-order valence-electron chi connectivity index (χ1n) is 9.54. The lowest BCUT2D eigenvalue weighted by molar-refractivity contribution is -0.144. The third-order valence-corrected chi connectivity index (χ3v) is 5.52. The van der Waals surface area contributed by atoms with Crippen LogP contribution in [-0.4, -0.2) is 53.9 Å². The first-order chi connectivity index (χ1) is 12.5. The summed E-state index contributed by atoms with van der Waals surface area (Å²) < 4.78 is 5.73. The Morgan fingerprint density at radius 1 is 1.08 bits per heavy atom. The molecule has 1 aromatic rings. The summed E-state index contributed by atoms with van der Waals surface area (Å²) in [6.45, 7) is 4.78. The van der Waals surface area contributed by atoms with Crippen molar-refractivity contribution in [2.45, 2.75) is 45.1 Å². The van der Waals surface area contributed by atoms with Crippen LogP contribution in [0.4, 0.5) is 0 Å². The van der Waals surface area contributed by atoms with Gasteiger partial charge in [0.25, 0.3) is 5.91 Å². The third kappa shape index (κ3) is 4.70. The minimum atomic E-state index is -0.567. The molecule has 1 atom stereocenters. The third-order valence-electron chi connectivity index (χ3n) is 5.28. The lowest BCUT2D eigenvalue weighted by Gasteiger charge is -2.36. The number of piperidine rings is 2. The van der Waals surface area contributed by atoms with Gasteiger partial charge in [-0.15, -0.1) is 0 Å². The van der Waals surface area contributed by atoms with Crippen LogP contribution in [0, 0.1) is 5.92 Å². The fourth-order valence-corrected chi connectivity index (χ4v) is 3.95. The van der Waals surface area contributed by atoms with Gasteiger partial charge in [0, 0.05) is 37.1 Å². The molecular formula is C20H27ClN2O3. The van der Waals surface area contributed by atoms with Crippen LogP contribution in [0.5, 0.6) is 5.75 Å². The van der Waals surface area contributed by atoms with Crippen molar-refractivity contribution in [2.75, 3.05) is 26.2 Å². The van der Waals surface area contributed by atoms with Crippen LogP contribution in [0.15, 0.2) is 24.3 Å². The quantitative estimate of drug-likeness (QED) is 0.807. The molecule has 0 N–H and O–H groups in total. The smallest absolute Gasteiger partial charge is 0.263 e. The van der Waals surface area contributed by atoms with E-state index in [1.54, 1.807) is 31.2 Å². The molecule has 2 aliphatic rings. The Balaban J connectivity index is 1.49. The Morgan fingerprint density at radius 2 is 1.77 bits per heavy atom. The van der Waals surface area contributed by atoms with Crippen molar-refractivity contribution in [2.24, 2.45) is 5.92 Å². The molecule has 2 amide bonds. The Hall–Kier alpha value is -1.75. The van der Waals surface area contributed by atoms with E-state index in [4.69, 9.17) is 16.3 Å². The Kier molecular flexibility index (Phi) is 6.41. The zero-order valence-electron chi connectivity index (χ0n) is 15.3. The second-order valence-electron chi connectivity index (χ2n) is 7.20. The molecule has 0 saturated carbocycles. The van der Waals surface area contributed by atoms with E-state index in [-0.39, 0.29) is 17.7 Å². The molecule has 0 aromatic heterocycles. The van der Waals surface area contributed by atoms with Gasteiger partial charge in [-0.05, 0) is 57.2 Å². The Labute approximate surface area is 160 Å². The Bertz CT molecular complexity index is 638. The van der Waals surface area contributed by atoms with Crippen molar-refractivity contribution in [1.29, 1.82) is 0 Å². The minimum Gasteiger partial charge on any atom is -0.481 e. The normalized spacial score (nSPS) is 19.9. The van der Waals surface area contributed by atoms with Gasteiger partial charge in [-0.25, -0.2) is 0 Å². The van der Waals surface area contributed by atoms with Crippen molar-refractivity contribution < 1.29 is 14.3 Å². The number of hydrogen-bond donors (Lipinski definition) is 0. The van der Waals surface area contributed by atoms with Crippen LogP contribution in [0.3, 0.4) is 0 Å². The number of carbonyl (C=O) groups is 2. The highest BCUT2D eigenvalue weighted by molar-refractivity contribution is 6.30. The van der Waals surface area contributed by atoms with Gasteiger partial charge >= 0.3 is 0 Å². The van der Waals surface area contributed by atoms with E-state index in [1.807, 2.05) is 9.80 Å². The zero-order chi connectivity index (χ0) is 18.5. The molecule has 5 nitrogen and oxygen atoms in total. The van der Waals surface area contributed by atoms with Gasteiger partial charge in [0.05, 0.1) is 0 Å². The van der Waals surface area contributed by atoms with Crippen LogP contribution in [0.25, 0.3) is 0 Å². The standard InChI is InChI=1S/C20H27ClN2O3/c1-15(26-18-7-5-6-17(21)14-18)19(24)23-12-8-16(9-13-23)20(25)22-10-3-2-4-11-22/h5-7,14-16H,2-4,8-13H2,1H3. The molecule has 0 aliphatic carbocycles. The number of ether oxygens (including phenoxy) is 1. The summed E-state index contributed by atoms with van der Waals surface area (Å²) in [6.07, 6.45) is 4.36. The number of likely N-dealkylation sites (tertiary alicyclic amines) is 2. The van der Waals surface area contributed by atoms with Gasteiger partial charge in [-0.3, -0.25) is 9.59 Å². The highest BCUT2D eigenvalue weighted by Gasteiger charge is 2.32. The van der Waals surface area contributed by atoms with Gasteiger partial charge in [0.1, 0.15) is 5.75 Å². The summed E-state index contributed by atoms with van der Waals surface area (Å²) in [5.41, 5.74) is 0. The van der Waals surface area contributed by atoms with Gasteiger partial charge in [0.2, 0.25) is 5.91 Å². The van der Waals surface area contributed by atoms with Crippen LogP contribution in [0.1, 0.15) is 39.0 Å². The van der Waals surface area contributed by atoms with Crippen molar-refractivity contribution in [3.63, 3.8) is 0 Å². The second-order valence-corrected chi connectivity index (χ2v) is 7.64. The lowest BCUT2D eigenvalue weighted by Crippen LogP contribution is -2.48. The zero-order valence-corrected chi connectivity index (χ0v) is 16.1. The number of halogens is 1. The molecule has 26 heavy (non-hydrogen) atoms. The fourth-order valence-electron chi connectivity index (χ4n) is 3.77. The lowest BCUT2D eigenvalue weighted by atomic mass is 9.94. The van der Waals surface area contributed by atoms with Crippen molar-refractivity contribution >= 4 is 23.4 Å². The van der Waals surface area contributed by atoms with Gasteiger partial charge < -0.3 is 14.5 Å². The molecule has 2 aliphatic heterocycles. The molecule has 2 heterocycles. The summed E-state index contributed by atoms with van der Waals surface area (Å²) in [5, 5.41) is 0.583. The van der Waals surface area contributed by atoms with E-state index < -0.39 is 6.10 Å². The SMILES string of the molecule is CC(Oc1cccc(Cl)c1)C(=O)N1CCC(C(=O)N2CCCCC2)CC1. The predicted octanol–water partition coefficient (Wildman–Crippen LogP) is 3.36. The van der Waals surface area contributed by atoms with E-state index >= 15 is 0 Å². The van der Waals surface area contributed by atoms with Gasteiger partial charge in [-0.1, -0.05) is 17.7 Å². The Morgan fingerprint density at radius 3 is 2.42 bits per heavy atom. The first-order valence-corrected chi connectivity index (χ1v) is 9.92. The van der Waals surface area contributed by atoms with Crippen molar-refractivity contribution in [3.8, 4) is 5.75 Å². The number of nitrogens with zero attached hydrogens (tertiary/aromatic N) is 2. The monoisotopic (exact) mass is 378 g/mol. The molecular weight excluding hydrogens is 352 g/mol. The van der Waals surface area contributed by atoms with Crippen LogP contribution in [-0.2, 0) is 9.59 Å². The van der Waals surface area contributed by atoms with E-state index in [1.165, 1.54) is 6.42 Å². The maximum Gasteiger partial charge on any atom is 0.263 e. The summed E-state index contributed by atoms with van der Waals surface area (Å²) in [7, 11) is 0. The van der Waals surface area contributed by atoms with Crippen LogP contribution in [0.2, 0.25) is 5.02 Å². The van der Waals surface area contributed by atoms with Crippen LogP contribution >= 0.6 is 11.6 Å². The summed E-state index contributed by atoms with van der Waals surface area (Å²) >= 11 is 5.96. The maximum atomic E-state index is 12.6. The van der Waals surface area contributed by atoms with E-state index in [0.717, 1.165) is 38.8 Å². The summed E-state index contributed by atoms with van der Waals surface area (Å²) in [5.74, 6) is 0.892. The highest BCUT2D eigenvalue weighted by atomic mass is 35.5. The molecule has 0 radical (unpaired) electrons. The topological polar surface area (TPSA) is 49.9 Å². The number of amides is 2. The second kappa shape index (κ2) is 8.76. The van der Waals surface area contributed by atoms with E-state index in [9.17, 15) is 9.59 Å². The van der Waals surface area contributed by atoms with Gasteiger partial charge in [-0.2, -0.15) is 0 Å². The highest BCUT2D eigenvalue weighted by Crippen LogP contribution is 2.23. The average Bonchev–Trinajstić information content (AvgIpc) is 2.67. The number of benzene rings is 1. The minimum absolute atomic E-state index is 0.0335. The first kappa shape index (κ1) is 19.0. The van der Waals surface area contributed by atoms with Crippen molar-refractivity contribution in [3.05, 3.63) is 29.3 Å². The molecule has 142 valence electrons. The number of hydrogen-bond acceptors (Lipinski definition) is 3. The molecule has 6 heteroatoms. The summed E-state index contributed by atoms with van der Waals surface area (Å²) in [6, 6.07) is 7.06. The molecule has 0 spiro atoms. The molecule has 3 rings (SSSR count). The van der Waals surface area contributed by atoms with Crippen LogP contribution < -0.4 is 4.74 Å². The molecule has 0 bridgehead atoms. The summed E-state index contributed by atoms with van der Waals surface area (Å²) in [4.78, 5) is 29.1. The predicted molar refractivity (Wildman–Crippen MR) is 101 cm³/mol. The fraction of sp³-hybridized carbons (Fsp3) is 0.600. The molecule has 2 fully saturated rings.